The molecular weight excluding hydrogens is 410 g/mol. The number of carbonyl (C=O) groups is 3. The number of ether oxygens (including phenoxy) is 1. The summed E-state index contributed by atoms with van der Waals surface area (Å²) in [5.41, 5.74) is -0.721. The molecule has 0 spiro atoms. The fourth-order valence-electron chi connectivity index (χ4n) is 2.37. The van der Waals surface area contributed by atoms with Gasteiger partial charge >= 0.3 is 12.1 Å². The van der Waals surface area contributed by atoms with Gasteiger partial charge in [0.15, 0.2) is 8.24 Å². The first-order valence-electron chi connectivity index (χ1n) is 9.59. The van der Waals surface area contributed by atoms with E-state index in [1.54, 1.807) is 20.8 Å². The first-order chi connectivity index (χ1) is 12.1. The molecule has 0 fully saturated rings. The van der Waals surface area contributed by atoms with Crippen molar-refractivity contribution in [2.45, 2.75) is 97.8 Å². The third-order valence-electron chi connectivity index (χ3n) is 3.08. The second-order valence-electron chi connectivity index (χ2n) is 10.9. The maximum atomic E-state index is 13.0. The minimum Gasteiger partial charge on any atom is -0.520 e. The van der Waals surface area contributed by atoms with Gasteiger partial charge in [0, 0.05) is 0 Å². The molecule has 0 radical (unpaired) electrons. The van der Waals surface area contributed by atoms with E-state index in [2.05, 4.69) is 0 Å². The predicted octanol–water partition coefficient (Wildman–Crippen LogP) is 4.57. The van der Waals surface area contributed by atoms with Crippen LogP contribution in [0.25, 0.3) is 0 Å². The van der Waals surface area contributed by atoms with Gasteiger partial charge in [-0.25, -0.2) is 4.79 Å². The molecule has 1 unspecified atom stereocenters. The van der Waals surface area contributed by atoms with Crippen LogP contribution in [0.3, 0.4) is 0 Å². The molecule has 0 saturated carbocycles. The largest absolute Gasteiger partial charge is 0.520 e. The van der Waals surface area contributed by atoms with E-state index in [1.165, 1.54) is 4.57 Å². The second-order valence-corrected chi connectivity index (χ2v) is 24.5. The lowest BCUT2D eigenvalue weighted by Gasteiger charge is -2.40. The number of rotatable bonds is 7. The highest BCUT2D eigenvalue weighted by Crippen LogP contribution is 2.24. The number of hydrogen-bond donors (Lipinski definition) is 0. The van der Waals surface area contributed by atoms with E-state index in [9.17, 15) is 14.4 Å². The minimum absolute atomic E-state index is 0.239. The third kappa shape index (κ3) is 11.0. The fraction of sp³-hybridized carbons (Fsp3) is 0.833. The van der Waals surface area contributed by atoms with Crippen LogP contribution in [0.5, 0.6) is 0 Å². The molecule has 28 heavy (non-hydrogen) atoms. The maximum Gasteiger partial charge on any atom is 0.402 e. The molecule has 0 aliphatic heterocycles. The Labute approximate surface area is 173 Å². The highest BCUT2D eigenvalue weighted by Gasteiger charge is 2.44. The van der Waals surface area contributed by atoms with E-state index in [0.717, 1.165) is 0 Å². The lowest BCUT2D eigenvalue weighted by atomic mass is 10.2. The van der Waals surface area contributed by atoms with Gasteiger partial charge in [0.25, 0.3) is 5.97 Å². The van der Waals surface area contributed by atoms with Crippen LogP contribution in [0, 0.1) is 0 Å². The Morgan fingerprint density at radius 1 is 0.821 bits per heavy atom. The molecule has 0 N–H and O–H groups in total. The van der Waals surface area contributed by atoms with Crippen LogP contribution >= 0.6 is 0 Å². The van der Waals surface area contributed by atoms with Crippen molar-refractivity contribution in [2.75, 3.05) is 0 Å². The standard InChI is InChI=1S/C18H39NO6Si3/c1-18(2,3)23-17(22)19(26(4,5)6)14(16(21)25-28(10,11)12)13-15(20)24-27(7,8)9/h14H,13H2,1-12H3. The van der Waals surface area contributed by atoms with Gasteiger partial charge in [0.1, 0.15) is 11.6 Å². The summed E-state index contributed by atoms with van der Waals surface area (Å²) in [6, 6.07) is -1.06. The molecule has 0 heterocycles. The monoisotopic (exact) mass is 449 g/mol. The third-order valence-corrected chi connectivity index (χ3v) is 6.68. The van der Waals surface area contributed by atoms with Gasteiger partial charge in [-0.1, -0.05) is 19.6 Å². The van der Waals surface area contributed by atoms with E-state index >= 15 is 0 Å². The van der Waals surface area contributed by atoms with E-state index in [1.807, 2.05) is 58.9 Å². The van der Waals surface area contributed by atoms with Crippen LogP contribution in [0.4, 0.5) is 4.79 Å². The van der Waals surface area contributed by atoms with Gasteiger partial charge in [-0.3, -0.25) is 9.59 Å². The van der Waals surface area contributed by atoms with Crippen molar-refractivity contribution in [2.24, 2.45) is 0 Å². The second kappa shape index (κ2) is 9.12. The normalized spacial score (nSPS) is 14.1. The van der Waals surface area contributed by atoms with Crippen molar-refractivity contribution >= 4 is 42.9 Å². The van der Waals surface area contributed by atoms with Crippen molar-refractivity contribution in [3.63, 3.8) is 0 Å². The molecule has 1 atom stereocenters. The van der Waals surface area contributed by atoms with Gasteiger partial charge in [-0.2, -0.15) is 0 Å². The molecule has 1 amide bonds. The summed E-state index contributed by atoms with van der Waals surface area (Å²) in [6.45, 7) is 22.4. The number of hydrogen-bond acceptors (Lipinski definition) is 6. The molecule has 10 heteroatoms. The quantitative estimate of drug-likeness (QED) is 0.529. The Bertz CT molecular complexity index is 582. The van der Waals surface area contributed by atoms with Crippen LogP contribution in [0.1, 0.15) is 27.2 Å². The molecule has 0 aromatic heterocycles. The summed E-state index contributed by atoms with van der Waals surface area (Å²) in [6.07, 6.45) is -0.845. The Morgan fingerprint density at radius 3 is 1.57 bits per heavy atom. The maximum absolute atomic E-state index is 13.0. The van der Waals surface area contributed by atoms with Crippen molar-refractivity contribution in [1.82, 2.24) is 4.57 Å². The first kappa shape index (κ1) is 26.9. The fourth-order valence-corrected chi connectivity index (χ4v) is 5.60. The van der Waals surface area contributed by atoms with Crippen LogP contribution < -0.4 is 0 Å². The van der Waals surface area contributed by atoms with Gasteiger partial charge < -0.3 is 18.2 Å². The lowest BCUT2D eigenvalue weighted by Crippen LogP contribution is -2.60. The van der Waals surface area contributed by atoms with Crippen molar-refractivity contribution < 1.29 is 28.0 Å². The van der Waals surface area contributed by atoms with Gasteiger partial charge in [-0.05, 0) is 60.1 Å². The van der Waals surface area contributed by atoms with Crippen LogP contribution in [0.2, 0.25) is 58.9 Å². The van der Waals surface area contributed by atoms with Crippen molar-refractivity contribution in [3.8, 4) is 0 Å². The van der Waals surface area contributed by atoms with Crippen LogP contribution in [0.15, 0.2) is 0 Å². The highest BCUT2D eigenvalue weighted by atomic mass is 28.4. The zero-order chi connectivity index (χ0) is 22.7. The van der Waals surface area contributed by atoms with E-state index in [4.69, 9.17) is 13.6 Å². The minimum atomic E-state index is -2.40. The summed E-state index contributed by atoms with van der Waals surface area (Å²) in [5.74, 6) is -1.07. The molecule has 0 rings (SSSR count). The van der Waals surface area contributed by atoms with Gasteiger partial charge in [0.2, 0.25) is 16.6 Å². The average molecular weight is 450 g/mol. The van der Waals surface area contributed by atoms with E-state index in [0.29, 0.717) is 0 Å². The Morgan fingerprint density at radius 2 is 1.25 bits per heavy atom. The number of carbonyl (C=O) groups excluding carboxylic acids is 3. The zero-order valence-corrected chi connectivity index (χ0v) is 22.7. The molecule has 0 saturated heterocycles. The Hall–Kier alpha value is -1.14. The molecule has 7 nitrogen and oxygen atoms in total. The van der Waals surface area contributed by atoms with E-state index < -0.39 is 54.5 Å². The van der Waals surface area contributed by atoms with Crippen LogP contribution in [-0.2, 0) is 23.2 Å². The summed E-state index contributed by atoms with van der Waals surface area (Å²) < 4.78 is 18.2. The number of amides is 1. The molecule has 164 valence electrons. The van der Waals surface area contributed by atoms with Crippen LogP contribution in [-0.4, -0.2) is 59.1 Å². The first-order valence-corrected chi connectivity index (χ1v) is 19.9. The molecule has 0 aliphatic carbocycles. The SMILES string of the molecule is CC(C)(C)OC(=O)N(C(CC(=O)O[Si](C)(C)C)C(=O)O[Si](C)(C)C)[Si](C)(C)C. The highest BCUT2D eigenvalue weighted by molar-refractivity contribution is 6.76. The van der Waals surface area contributed by atoms with Gasteiger partial charge in [-0.15, -0.1) is 0 Å². The summed E-state index contributed by atoms with van der Waals surface area (Å²) in [4.78, 5) is 38.5. The number of nitrogens with zero attached hydrogens (tertiary/aromatic N) is 1. The zero-order valence-electron chi connectivity index (χ0n) is 19.7. The molecule has 0 aromatic rings. The van der Waals surface area contributed by atoms with Gasteiger partial charge in [0.05, 0.1) is 6.42 Å². The lowest BCUT2D eigenvalue weighted by molar-refractivity contribution is -0.145. The Kier molecular flexibility index (Phi) is 8.75. The molecular formula is C18H39NO6Si3. The smallest absolute Gasteiger partial charge is 0.402 e. The molecule has 0 aromatic carbocycles. The van der Waals surface area contributed by atoms with Crippen molar-refractivity contribution in [3.05, 3.63) is 0 Å². The summed E-state index contributed by atoms with van der Waals surface area (Å²) in [5, 5.41) is 0. The summed E-state index contributed by atoms with van der Waals surface area (Å²) in [7, 11) is -6.75. The molecule has 0 bridgehead atoms. The Balaban J connectivity index is 6.00. The average Bonchev–Trinajstić information content (AvgIpc) is 2.28. The topological polar surface area (TPSA) is 82.1 Å². The van der Waals surface area contributed by atoms with Crippen molar-refractivity contribution in [1.29, 1.82) is 0 Å². The summed E-state index contributed by atoms with van der Waals surface area (Å²) >= 11 is 0. The molecule has 0 aliphatic rings. The van der Waals surface area contributed by atoms with E-state index in [-0.39, 0.29) is 6.42 Å². The predicted molar refractivity (Wildman–Crippen MR) is 119 cm³/mol.